The van der Waals surface area contributed by atoms with Crippen LogP contribution in [0.25, 0.3) is 0 Å². The molecule has 3 atom stereocenters. The monoisotopic (exact) mass is 370 g/mol. The highest BCUT2D eigenvalue weighted by Crippen LogP contribution is 2.27. The summed E-state index contributed by atoms with van der Waals surface area (Å²) in [7, 11) is -3.36. The third-order valence-electron chi connectivity index (χ3n) is 3.54. The van der Waals surface area contributed by atoms with Gasteiger partial charge in [-0.25, -0.2) is 13.4 Å². The number of hydrogen-bond donors (Lipinski definition) is 2. The summed E-state index contributed by atoms with van der Waals surface area (Å²) in [5, 5.41) is 14.8. The largest absolute Gasteiger partial charge is 0.465 e. The molecule has 130 valence electrons. The Balaban J connectivity index is 1.68. The number of hydrogen-bond acceptors (Lipinski definition) is 8. The zero-order chi connectivity index (χ0) is 17.3. The number of aromatic nitrogens is 1. The van der Waals surface area contributed by atoms with E-state index in [-0.39, 0.29) is 11.3 Å². The van der Waals surface area contributed by atoms with Gasteiger partial charge >= 0.3 is 0 Å². The van der Waals surface area contributed by atoms with Crippen molar-refractivity contribution in [3.63, 3.8) is 0 Å². The smallest absolute Gasteiger partial charge is 0.204 e. The molecular formula is C15H18N2O5S2. The molecule has 3 rings (SSSR count). The quantitative estimate of drug-likeness (QED) is 0.751. The topological polar surface area (TPSA) is 97.8 Å². The minimum Gasteiger partial charge on any atom is -0.465 e. The highest BCUT2D eigenvalue weighted by Gasteiger charge is 2.29. The van der Waals surface area contributed by atoms with Gasteiger partial charge in [0, 0.05) is 23.1 Å². The zero-order valence-electron chi connectivity index (χ0n) is 13.2. The van der Waals surface area contributed by atoms with Crippen LogP contribution in [-0.4, -0.2) is 37.7 Å². The van der Waals surface area contributed by atoms with Crippen molar-refractivity contribution in [2.75, 3.05) is 18.2 Å². The first kappa shape index (κ1) is 17.2. The second kappa shape index (κ2) is 6.67. The Morgan fingerprint density at radius 2 is 2.29 bits per heavy atom. The van der Waals surface area contributed by atoms with Crippen molar-refractivity contribution < 1.29 is 23.0 Å². The van der Waals surface area contributed by atoms with Gasteiger partial charge in [-0.2, -0.15) is 0 Å². The van der Waals surface area contributed by atoms with Gasteiger partial charge in [0.25, 0.3) is 0 Å². The maximum atomic E-state index is 11.4. The number of ether oxygens (including phenoxy) is 2. The molecule has 1 aliphatic heterocycles. The van der Waals surface area contributed by atoms with E-state index in [1.165, 1.54) is 5.38 Å². The fraction of sp³-hybridized carbons (Fsp3) is 0.400. The molecule has 1 aromatic heterocycles. The summed E-state index contributed by atoms with van der Waals surface area (Å²) in [6, 6.07) is 7.00. The first-order valence-electron chi connectivity index (χ1n) is 7.31. The van der Waals surface area contributed by atoms with Gasteiger partial charge in [-0.3, -0.25) is 0 Å². The van der Waals surface area contributed by atoms with Gasteiger partial charge in [0.05, 0.1) is 6.61 Å². The molecule has 2 aromatic rings. The Morgan fingerprint density at radius 3 is 2.88 bits per heavy atom. The summed E-state index contributed by atoms with van der Waals surface area (Å²) < 4.78 is 33.9. The molecule has 0 amide bonds. The molecule has 1 fully saturated rings. The Kier molecular flexibility index (Phi) is 4.77. The van der Waals surface area contributed by atoms with E-state index in [0.29, 0.717) is 29.0 Å². The van der Waals surface area contributed by atoms with E-state index >= 15 is 0 Å². The normalized spacial score (nSPS) is 21.8. The summed E-state index contributed by atoms with van der Waals surface area (Å²) in [6.07, 6.45) is -0.208. The van der Waals surface area contributed by atoms with E-state index < -0.39 is 16.1 Å². The van der Waals surface area contributed by atoms with Gasteiger partial charge in [0.15, 0.2) is 26.2 Å². The molecule has 1 saturated heterocycles. The minimum atomic E-state index is -3.36. The SMILES string of the molecule is CC1COC1Oc1cccc(C(O)Nc2nc(S(C)(=O)=O)cs2)c1. The molecule has 2 heterocycles. The van der Waals surface area contributed by atoms with Crippen LogP contribution in [-0.2, 0) is 14.6 Å². The van der Waals surface area contributed by atoms with Gasteiger partial charge < -0.3 is 19.9 Å². The van der Waals surface area contributed by atoms with Gasteiger partial charge in [-0.1, -0.05) is 19.1 Å². The number of thiazole rings is 1. The predicted molar refractivity (Wildman–Crippen MR) is 89.8 cm³/mol. The molecule has 0 radical (unpaired) electrons. The number of nitrogens with zero attached hydrogens (tertiary/aromatic N) is 1. The van der Waals surface area contributed by atoms with E-state index in [9.17, 15) is 13.5 Å². The van der Waals surface area contributed by atoms with Crippen LogP contribution in [0, 0.1) is 5.92 Å². The van der Waals surface area contributed by atoms with Crippen molar-refractivity contribution in [1.29, 1.82) is 0 Å². The van der Waals surface area contributed by atoms with Crippen molar-refractivity contribution in [2.24, 2.45) is 5.92 Å². The maximum absolute atomic E-state index is 11.4. The lowest BCUT2D eigenvalue weighted by Crippen LogP contribution is -2.41. The van der Waals surface area contributed by atoms with Crippen molar-refractivity contribution in [3.8, 4) is 5.75 Å². The number of aliphatic hydroxyl groups excluding tert-OH is 1. The summed E-state index contributed by atoms with van der Waals surface area (Å²) in [4.78, 5) is 3.96. The van der Waals surface area contributed by atoms with E-state index in [2.05, 4.69) is 10.3 Å². The number of aliphatic hydroxyl groups is 1. The van der Waals surface area contributed by atoms with Gasteiger partial charge in [-0.05, 0) is 12.1 Å². The Labute approximate surface area is 144 Å². The van der Waals surface area contributed by atoms with Crippen LogP contribution in [0.1, 0.15) is 18.7 Å². The van der Waals surface area contributed by atoms with E-state index in [1.54, 1.807) is 24.3 Å². The molecule has 3 unspecified atom stereocenters. The average molecular weight is 370 g/mol. The molecule has 1 aliphatic rings. The van der Waals surface area contributed by atoms with E-state index in [4.69, 9.17) is 9.47 Å². The first-order valence-corrected chi connectivity index (χ1v) is 10.1. The highest BCUT2D eigenvalue weighted by molar-refractivity contribution is 7.90. The van der Waals surface area contributed by atoms with Crippen molar-refractivity contribution >= 4 is 26.3 Å². The third-order valence-corrected chi connectivity index (χ3v) is 5.43. The Morgan fingerprint density at radius 1 is 1.50 bits per heavy atom. The molecule has 0 bridgehead atoms. The lowest BCUT2D eigenvalue weighted by molar-refractivity contribution is -0.209. The summed E-state index contributed by atoms with van der Waals surface area (Å²) >= 11 is 1.11. The van der Waals surface area contributed by atoms with Crippen LogP contribution in [0.5, 0.6) is 5.75 Å². The van der Waals surface area contributed by atoms with Gasteiger partial charge in [0.2, 0.25) is 6.29 Å². The first-order chi connectivity index (χ1) is 11.3. The van der Waals surface area contributed by atoms with Crippen LogP contribution in [0.3, 0.4) is 0 Å². The molecule has 0 saturated carbocycles. The van der Waals surface area contributed by atoms with Gasteiger partial charge in [0.1, 0.15) is 5.75 Å². The number of anilines is 1. The highest BCUT2D eigenvalue weighted by atomic mass is 32.2. The lowest BCUT2D eigenvalue weighted by atomic mass is 10.1. The fourth-order valence-corrected chi connectivity index (χ4v) is 3.86. The molecule has 0 spiro atoms. The fourth-order valence-electron chi connectivity index (χ4n) is 2.11. The molecule has 1 aromatic carbocycles. The lowest BCUT2D eigenvalue weighted by Gasteiger charge is -2.34. The standard InChI is InChI=1S/C15H18N2O5S2/c1-9-7-21-14(9)22-11-5-3-4-10(6-11)13(18)17-15-16-12(8-23-15)24(2,19)20/h3-6,8-9,13-14,18H,7H2,1-2H3,(H,16,17). The Hall–Kier alpha value is -1.68. The minimum absolute atomic E-state index is 0.0181. The number of benzene rings is 1. The second-order valence-corrected chi connectivity index (χ2v) is 8.50. The van der Waals surface area contributed by atoms with Crippen LogP contribution in [0.15, 0.2) is 34.7 Å². The summed E-state index contributed by atoms with van der Waals surface area (Å²) in [5.41, 5.74) is 0.579. The Bertz CT molecular complexity index is 821. The number of nitrogens with one attached hydrogen (secondary N) is 1. The summed E-state index contributed by atoms with van der Waals surface area (Å²) in [5.74, 6) is 0.933. The number of rotatable bonds is 6. The van der Waals surface area contributed by atoms with Crippen molar-refractivity contribution in [1.82, 2.24) is 4.98 Å². The molecule has 2 N–H and O–H groups in total. The summed E-state index contributed by atoms with van der Waals surface area (Å²) in [6.45, 7) is 2.72. The molecule has 24 heavy (non-hydrogen) atoms. The second-order valence-electron chi connectivity index (χ2n) is 5.68. The van der Waals surface area contributed by atoms with Crippen LogP contribution in [0.2, 0.25) is 0 Å². The van der Waals surface area contributed by atoms with E-state index in [1.807, 2.05) is 6.92 Å². The zero-order valence-corrected chi connectivity index (χ0v) is 14.8. The van der Waals surface area contributed by atoms with E-state index in [0.717, 1.165) is 17.6 Å². The maximum Gasteiger partial charge on any atom is 0.204 e. The van der Waals surface area contributed by atoms with Crippen LogP contribution >= 0.6 is 11.3 Å². The van der Waals surface area contributed by atoms with Crippen molar-refractivity contribution in [2.45, 2.75) is 24.5 Å². The van der Waals surface area contributed by atoms with Crippen LogP contribution in [0.4, 0.5) is 5.13 Å². The van der Waals surface area contributed by atoms with Crippen LogP contribution < -0.4 is 10.1 Å². The molecule has 7 nitrogen and oxygen atoms in total. The molecular weight excluding hydrogens is 352 g/mol. The average Bonchev–Trinajstić information content (AvgIpc) is 3.00. The third kappa shape index (κ3) is 3.86. The molecule has 9 heteroatoms. The molecule has 0 aliphatic carbocycles. The predicted octanol–water partition coefficient (Wildman–Crippen LogP) is 2.02. The van der Waals surface area contributed by atoms with Crippen molar-refractivity contribution in [3.05, 3.63) is 35.2 Å². The van der Waals surface area contributed by atoms with Gasteiger partial charge in [-0.15, -0.1) is 11.3 Å². The number of sulfone groups is 1.